The number of para-hydroxylation sites is 1. The van der Waals surface area contributed by atoms with Crippen LogP contribution in [-0.4, -0.2) is 30.4 Å². The van der Waals surface area contributed by atoms with Crippen molar-refractivity contribution in [2.24, 2.45) is 16.8 Å². The van der Waals surface area contributed by atoms with Gasteiger partial charge in [0, 0.05) is 30.6 Å². The average molecular weight is 512 g/mol. The van der Waals surface area contributed by atoms with E-state index in [4.69, 9.17) is 4.99 Å². The smallest absolute Gasteiger partial charge is 0.243 e. The van der Waals surface area contributed by atoms with E-state index in [0.29, 0.717) is 29.8 Å². The highest BCUT2D eigenvalue weighted by atomic mass is 32.2. The first-order chi connectivity index (χ1) is 16.9. The fourth-order valence-electron chi connectivity index (χ4n) is 4.94. The minimum Gasteiger partial charge on any atom is -0.316 e. The molecule has 0 radical (unpaired) electrons. The number of hydrogen-bond acceptors (Lipinski definition) is 4. The zero-order valence-electron chi connectivity index (χ0n) is 21.1. The molecule has 2 aromatic carbocycles. The number of benzene rings is 2. The predicted molar refractivity (Wildman–Crippen MR) is 145 cm³/mol. The summed E-state index contributed by atoms with van der Waals surface area (Å²) in [5, 5.41) is 2.11. The highest BCUT2D eigenvalue weighted by molar-refractivity contribution is 7.89. The molecule has 0 bridgehead atoms. The van der Waals surface area contributed by atoms with Gasteiger partial charge in [-0.2, -0.15) is 4.31 Å². The van der Waals surface area contributed by atoms with Gasteiger partial charge in [0.15, 0.2) is 4.80 Å². The third-order valence-corrected chi connectivity index (χ3v) is 9.31. The molecule has 4 rings (SSSR count). The van der Waals surface area contributed by atoms with E-state index >= 15 is 0 Å². The van der Waals surface area contributed by atoms with Gasteiger partial charge in [0.05, 0.1) is 16.3 Å². The van der Waals surface area contributed by atoms with Crippen LogP contribution in [0.15, 0.2) is 69.9 Å². The second-order valence-corrected chi connectivity index (χ2v) is 12.6. The number of aromatic nitrogens is 1. The number of thiazole rings is 1. The van der Waals surface area contributed by atoms with Crippen LogP contribution in [0.2, 0.25) is 0 Å². The molecule has 0 aliphatic carbocycles. The lowest BCUT2D eigenvalue weighted by molar-refractivity contribution is 0.222. The Morgan fingerprint density at radius 1 is 0.971 bits per heavy atom. The number of hydrogen-bond donors (Lipinski definition) is 0. The molecule has 2 heterocycles. The van der Waals surface area contributed by atoms with E-state index in [1.54, 1.807) is 21.7 Å². The normalized spacial score (nSPS) is 19.8. The molecular weight excluding hydrogens is 474 g/mol. The molecule has 2 atom stereocenters. The van der Waals surface area contributed by atoms with Gasteiger partial charge in [-0.1, -0.05) is 70.4 Å². The van der Waals surface area contributed by atoms with Crippen molar-refractivity contribution in [3.8, 4) is 11.3 Å². The maximum atomic E-state index is 13.5. The molecule has 1 aliphatic heterocycles. The van der Waals surface area contributed by atoms with Crippen LogP contribution in [0.1, 0.15) is 52.9 Å². The van der Waals surface area contributed by atoms with Crippen LogP contribution in [0.5, 0.6) is 0 Å². The lowest BCUT2D eigenvalue weighted by Gasteiger charge is -2.34. The van der Waals surface area contributed by atoms with Crippen LogP contribution >= 0.6 is 11.3 Å². The summed E-state index contributed by atoms with van der Waals surface area (Å²) < 4.78 is 31.0. The fourth-order valence-corrected chi connectivity index (χ4v) is 7.62. The first-order valence-corrected chi connectivity index (χ1v) is 15.1. The predicted octanol–water partition coefficient (Wildman–Crippen LogP) is 6.70. The van der Waals surface area contributed by atoms with Gasteiger partial charge in [-0.25, -0.2) is 13.4 Å². The fraction of sp³-hybridized carbons (Fsp3) is 0.464. The summed E-state index contributed by atoms with van der Waals surface area (Å²) in [6.45, 7) is 8.54. The van der Waals surface area contributed by atoms with Gasteiger partial charge in [-0.05, 0) is 48.9 Å². The van der Waals surface area contributed by atoms with Crippen molar-refractivity contribution >= 4 is 27.0 Å². The second-order valence-electron chi connectivity index (χ2n) is 9.86. The van der Waals surface area contributed by atoms with Crippen molar-refractivity contribution in [2.45, 2.75) is 64.3 Å². The second kappa shape index (κ2) is 11.7. The van der Waals surface area contributed by atoms with Crippen molar-refractivity contribution in [1.82, 2.24) is 8.87 Å². The van der Waals surface area contributed by atoms with Crippen LogP contribution in [0.25, 0.3) is 11.3 Å². The topological polar surface area (TPSA) is 54.7 Å². The van der Waals surface area contributed by atoms with Gasteiger partial charge in [0.2, 0.25) is 10.0 Å². The van der Waals surface area contributed by atoms with Gasteiger partial charge in [-0.3, -0.25) is 0 Å². The van der Waals surface area contributed by atoms with Gasteiger partial charge in [-0.15, -0.1) is 11.3 Å². The van der Waals surface area contributed by atoms with Crippen LogP contribution in [0.4, 0.5) is 5.69 Å². The minimum atomic E-state index is -3.53. The molecule has 35 heavy (non-hydrogen) atoms. The standard InChI is InChI=1S/C28H37N3O2S2/c1-4-5-6-10-16-31-27(21-34-28(31)29-25-13-8-7-9-14-25)24-12-11-15-26(18-24)35(32,33)30-19-22(2)17-23(3)20-30/h7-9,11-15,18,21-23H,4-6,10,16-17,19-20H2,1-3H3. The molecule has 7 heteroatoms. The Morgan fingerprint density at radius 2 is 1.71 bits per heavy atom. The summed E-state index contributed by atoms with van der Waals surface area (Å²) in [4.78, 5) is 6.22. The van der Waals surface area contributed by atoms with Crippen LogP contribution < -0.4 is 4.80 Å². The number of sulfonamides is 1. The zero-order valence-corrected chi connectivity index (χ0v) is 22.7. The highest BCUT2D eigenvalue weighted by Gasteiger charge is 2.31. The molecular formula is C28H37N3O2S2. The third kappa shape index (κ3) is 6.32. The van der Waals surface area contributed by atoms with E-state index in [1.807, 2.05) is 48.5 Å². The highest BCUT2D eigenvalue weighted by Crippen LogP contribution is 2.29. The number of nitrogens with zero attached hydrogens (tertiary/aromatic N) is 3. The van der Waals surface area contributed by atoms with Gasteiger partial charge < -0.3 is 4.57 Å². The molecule has 188 valence electrons. The lowest BCUT2D eigenvalue weighted by Crippen LogP contribution is -2.42. The Hall–Kier alpha value is -2.22. The van der Waals surface area contributed by atoms with E-state index < -0.39 is 10.0 Å². The molecule has 0 spiro atoms. The Labute approximate surface area is 214 Å². The van der Waals surface area contributed by atoms with Crippen molar-refractivity contribution in [3.63, 3.8) is 0 Å². The SMILES string of the molecule is CCCCCCn1c(-c2cccc(S(=O)(=O)N3CC(C)CC(C)C3)c2)csc1=Nc1ccccc1. The van der Waals surface area contributed by atoms with Gasteiger partial charge >= 0.3 is 0 Å². The average Bonchev–Trinajstić information content (AvgIpc) is 3.24. The summed E-state index contributed by atoms with van der Waals surface area (Å²) in [7, 11) is -3.53. The first-order valence-electron chi connectivity index (χ1n) is 12.8. The molecule has 1 aliphatic rings. The van der Waals surface area contributed by atoms with E-state index in [2.05, 4.69) is 30.7 Å². The molecule has 1 fully saturated rings. The molecule has 1 aromatic heterocycles. The Bertz CT molecular complexity index is 1270. The zero-order chi connectivity index (χ0) is 24.8. The summed E-state index contributed by atoms with van der Waals surface area (Å²) >= 11 is 1.61. The number of piperidine rings is 1. The van der Waals surface area contributed by atoms with Crippen LogP contribution in [0, 0.1) is 11.8 Å². The van der Waals surface area contributed by atoms with Gasteiger partial charge in [0.25, 0.3) is 0 Å². The molecule has 3 aromatic rings. The molecule has 0 N–H and O–H groups in total. The summed E-state index contributed by atoms with van der Waals surface area (Å²) in [5.74, 6) is 0.752. The van der Waals surface area contributed by atoms with E-state index in [1.165, 1.54) is 19.3 Å². The number of unbranched alkanes of at least 4 members (excludes halogenated alkanes) is 3. The van der Waals surface area contributed by atoms with E-state index in [9.17, 15) is 8.42 Å². The van der Waals surface area contributed by atoms with Gasteiger partial charge in [0.1, 0.15) is 0 Å². The maximum Gasteiger partial charge on any atom is 0.243 e. The molecule has 0 amide bonds. The van der Waals surface area contributed by atoms with Crippen molar-refractivity contribution in [3.05, 3.63) is 64.8 Å². The van der Waals surface area contributed by atoms with E-state index in [0.717, 1.165) is 41.1 Å². The molecule has 1 saturated heterocycles. The van der Waals surface area contributed by atoms with Crippen molar-refractivity contribution in [1.29, 1.82) is 0 Å². The third-order valence-electron chi connectivity index (χ3n) is 6.62. The molecule has 5 nitrogen and oxygen atoms in total. The largest absolute Gasteiger partial charge is 0.316 e. The summed E-state index contributed by atoms with van der Waals surface area (Å²) in [6.07, 6.45) is 5.72. The molecule has 2 unspecified atom stereocenters. The Balaban J connectivity index is 1.70. The lowest BCUT2D eigenvalue weighted by atomic mass is 9.94. The maximum absolute atomic E-state index is 13.5. The summed E-state index contributed by atoms with van der Waals surface area (Å²) in [6, 6.07) is 17.5. The van der Waals surface area contributed by atoms with E-state index in [-0.39, 0.29) is 0 Å². The Morgan fingerprint density at radius 3 is 2.43 bits per heavy atom. The monoisotopic (exact) mass is 511 g/mol. The van der Waals surface area contributed by atoms with Crippen LogP contribution in [-0.2, 0) is 16.6 Å². The van der Waals surface area contributed by atoms with Crippen LogP contribution in [0.3, 0.4) is 0 Å². The minimum absolute atomic E-state index is 0.376. The molecule has 0 saturated carbocycles. The van der Waals surface area contributed by atoms with Crippen molar-refractivity contribution < 1.29 is 8.42 Å². The quantitative estimate of drug-likeness (QED) is 0.300. The Kier molecular flexibility index (Phi) is 8.63. The first kappa shape index (κ1) is 25.9. The summed E-state index contributed by atoms with van der Waals surface area (Å²) in [5.41, 5.74) is 2.87. The number of rotatable bonds is 9. The van der Waals surface area contributed by atoms with Crippen molar-refractivity contribution in [2.75, 3.05) is 13.1 Å².